The van der Waals surface area contributed by atoms with Gasteiger partial charge in [0.25, 0.3) is 0 Å². The van der Waals surface area contributed by atoms with E-state index in [-0.39, 0.29) is 5.54 Å². The van der Waals surface area contributed by atoms with Gasteiger partial charge in [0.2, 0.25) is 0 Å². The minimum Gasteiger partial charge on any atom is -0.325 e. The second kappa shape index (κ2) is 2.80. The molecule has 1 heteroatoms. The van der Waals surface area contributed by atoms with Crippen molar-refractivity contribution in [2.75, 3.05) is 0 Å². The highest BCUT2D eigenvalue weighted by molar-refractivity contribution is 5.14. The van der Waals surface area contributed by atoms with Gasteiger partial charge < -0.3 is 5.73 Å². The van der Waals surface area contributed by atoms with Crippen LogP contribution in [-0.2, 0) is 0 Å². The maximum Gasteiger partial charge on any atom is 0.0167 e. The Morgan fingerprint density at radius 3 is 1.87 bits per heavy atom. The van der Waals surface area contributed by atoms with E-state index in [0.717, 1.165) is 5.92 Å². The zero-order valence-corrected chi connectivity index (χ0v) is 10.3. The van der Waals surface area contributed by atoms with Crippen molar-refractivity contribution in [3.05, 3.63) is 0 Å². The number of rotatable bonds is 2. The highest BCUT2D eigenvalue weighted by Crippen LogP contribution is 2.67. The van der Waals surface area contributed by atoms with E-state index in [1.54, 1.807) is 0 Å². The molecular weight excluding hydrogens is 182 g/mol. The largest absolute Gasteiger partial charge is 0.325 e. The molecule has 0 spiro atoms. The Labute approximate surface area is 93.8 Å². The molecule has 0 unspecified atom stereocenters. The molecule has 2 N–H and O–H groups in total. The Balaban J connectivity index is 2.00. The lowest BCUT2D eigenvalue weighted by atomic mass is 9.41. The van der Waals surface area contributed by atoms with Gasteiger partial charge in [-0.3, -0.25) is 0 Å². The van der Waals surface area contributed by atoms with Crippen molar-refractivity contribution in [2.45, 2.75) is 70.8 Å². The van der Waals surface area contributed by atoms with Crippen molar-refractivity contribution >= 4 is 0 Å². The quantitative estimate of drug-likeness (QED) is 0.737. The van der Waals surface area contributed by atoms with Crippen LogP contribution in [0.5, 0.6) is 0 Å². The molecule has 4 aliphatic rings. The Hall–Kier alpha value is -0.0400. The van der Waals surface area contributed by atoms with E-state index in [9.17, 15) is 0 Å². The molecule has 4 bridgehead atoms. The van der Waals surface area contributed by atoms with Crippen LogP contribution < -0.4 is 5.73 Å². The SMILES string of the molecule is CC[C@@]12CC3CC(N)(C1)C[C@@](CC)(C3)C2. The molecule has 0 aromatic carbocycles. The molecule has 0 aliphatic heterocycles. The minimum atomic E-state index is 0.228. The fraction of sp³-hybridized carbons (Fsp3) is 1.00. The summed E-state index contributed by atoms with van der Waals surface area (Å²) in [5.74, 6) is 0.964. The van der Waals surface area contributed by atoms with Crippen molar-refractivity contribution in [3.63, 3.8) is 0 Å². The van der Waals surface area contributed by atoms with Crippen molar-refractivity contribution < 1.29 is 0 Å². The summed E-state index contributed by atoms with van der Waals surface area (Å²) in [5, 5.41) is 0. The fourth-order valence-electron chi connectivity index (χ4n) is 5.71. The second-order valence-electron chi connectivity index (χ2n) is 7.08. The molecule has 0 amide bonds. The Morgan fingerprint density at radius 2 is 1.47 bits per heavy atom. The van der Waals surface area contributed by atoms with Gasteiger partial charge in [-0.05, 0) is 55.3 Å². The van der Waals surface area contributed by atoms with E-state index in [2.05, 4.69) is 13.8 Å². The van der Waals surface area contributed by atoms with Gasteiger partial charge in [0.05, 0.1) is 0 Å². The third kappa shape index (κ3) is 1.32. The molecule has 0 heterocycles. The monoisotopic (exact) mass is 207 g/mol. The van der Waals surface area contributed by atoms with Crippen LogP contribution in [0.25, 0.3) is 0 Å². The van der Waals surface area contributed by atoms with Crippen LogP contribution >= 0.6 is 0 Å². The van der Waals surface area contributed by atoms with Crippen LogP contribution in [0, 0.1) is 16.7 Å². The zero-order chi connectivity index (χ0) is 10.7. The average Bonchev–Trinajstić information content (AvgIpc) is 2.14. The van der Waals surface area contributed by atoms with Crippen molar-refractivity contribution in [1.82, 2.24) is 0 Å². The molecule has 4 saturated carbocycles. The topological polar surface area (TPSA) is 26.0 Å². The van der Waals surface area contributed by atoms with Gasteiger partial charge >= 0.3 is 0 Å². The van der Waals surface area contributed by atoms with Crippen LogP contribution in [0.15, 0.2) is 0 Å². The summed E-state index contributed by atoms with van der Waals surface area (Å²) >= 11 is 0. The van der Waals surface area contributed by atoms with Gasteiger partial charge in [-0.1, -0.05) is 26.7 Å². The predicted octanol–water partition coefficient (Wildman–Crippen LogP) is 3.47. The molecule has 86 valence electrons. The highest BCUT2D eigenvalue weighted by atomic mass is 14.8. The van der Waals surface area contributed by atoms with Gasteiger partial charge in [-0.15, -0.1) is 0 Å². The maximum atomic E-state index is 6.64. The molecule has 4 aliphatic carbocycles. The molecule has 4 fully saturated rings. The first-order valence-corrected chi connectivity index (χ1v) is 6.82. The summed E-state index contributed by atoms with van der Waals surface area (Å²) in [5.41, 5.74) is 8.16. The van der Waals surface area contributed by atoms with Crippen molar-refractivity contribution in [3.8, 4) is 0 Å². The van der Waals surface area contributed by atoms with Crippen LogP contribution in [0.2, 0.25) is 0 Å². The molecule has 0 radical (unpaired) electrons. The fourth-order valence-corrected chi connectivity index (χ4v) is 5.71. The number of hydrogen-bond donors (Lipinski definition) is 1. The lowest BCUT2D eigenvalue weighted by Crippen LogP contribution is -2.63. The van der Waals surface area contributed by atoms with E-state index in [0.29, 0.717) is 10.8 Å². The molecule has 0 saturated heterocycles. The number of hydrogen-bond acceptors (Lipinski definition) is 1. The third-order valence-corrected chi connectivity index (χ3v) is 5.84. The number of nitrogens with two attached hydrogens (primary N) is 1. The standard InChI is InChI=1S/C14H25N/c1-3-12-5-11-6-13(4-2,8-12)10-14(15,7-11)9-12/h11H,3-10,15H2,1-2H3/t11?,12-,13-,14?/m0/s1. The van der Waals surface area contributed by atoms with Crippen LogP contribution in [0.4, 0.5) is 0 Å². The lowest BCUT2D eigenvalue weighted by Gasteiger charge is -2.66. The summed E-state index contributed by atoms with van der Waals surface area (Å²) in [7, 11) is 0. The van der Waals surface area contributed by atoms with Crippen molar-refractivity contribution in [1.29, 1.82) is 0 Å². The molecule has 4 rings (SSSR count). The molecule has 15 heavy (non-hydrogen) atoms. The zero-order valence-electron chi connectivity index (χ0n) is 10.3. The lowest BCUT2D eigenvalue weighted by molar-refractivity contribution is -0.124. The van der Waals surface area contributed by atoms with Crippen molar-refractivity contribution in [2.24, 2.45) is 22.5 Å². The predicted molar refractivity (Wildman–Crippen MR) is 63.6 cm³/mol. The summed E-state index contributed by atoms with van der Waals surface area (Å²) in [4.78, 5) is 0. The second-order valence-corrected chi connectivity index (χ2v) is 7.08. The van der Waals surface area contributed by atoms with Gasteiger partial charge in [0.15, 0.2) is 0 Å². The Bertz CT molecular complexity index is 263. The summed E-state index contributed by atoms with van der Waals surface area (Å²) in [6, 6.07) is 0. The molecule has 2 atom stereocenters. The maximum absolute atomic E-state index is 6.64. The van der Waals surface area contributed by atoms with E-state index in [4.69, 9.17) is 5.73 Å². The summed E-state index contributed by atoms with van der Waals surface area (Å²) < 4.78 is 0. The summed E-state index contributed by atoms with van der Waals surface area (Å²) in [6.45, 7) is 4.78. The van der Waals surface area contributed by atoms with E-state index in [1.165, 1.54) is 51.4 Å². The first-order valence-electron chi connectivity index (χ1n) is 6.82. The van der Waals surface area contributed by atoms with E-state index < -0.39 is 0 Å². The molecule has 1 nitrogen and oxygen atoms in total. The minimum absolute atomic E-state index is 0.228. The van der Waals surface area contributed by atoms with Crippen LogP contribution in [-0.4, -0.2) is 5.54 Å². The first-order chi connectivity index (χ1) is 7.03. The molecule has 0 aromatic heterocycles. The van der Waals surface area contributed by atoms with Gasteiger partial charge in [-0.2, -0.15) is 0 Å². The van der Waals surface area contributed by atoms with Gasteiger partial charge in [0.1, 0.15) is 0 Å². The smallest absolute Gasteiger partial charge is 0.0167 e. The van der Waals surface area contributed by atoms with Crippen LogP contribution in [0.3, 0.4) is 0 Å². The highest BCUT2D eigenvalue weighted by Gasteiger charge is 2.60. The van der Waals surface area contributed by atoms with Gasteiger partial charge in [0, 0.05) is 5.54 Å². The normalized spacial score (nSPS) is 57.4. The van der Waals surface area contributed by atoms with E-state index in [1.807, 2.05) is 0 Å². The first kappa shape index (κ1) is 10.1. The van der Waals surface area contributed by atoms with E-state index >= 15 is 0 Å². The Morgan fingerprint density at radius 1 is 0.933 bits per heavy atom. The molecule has 0 aromatic rings. The average molecular weight is 207 g/mol. The van der Waals surface area contributed by atoms with Crippen LogP contribution in [0.1, 0.15) is 65.2 Å². The molecular formula is C14H25N. The Kier molecular flexibility index (Phi) is 1.89. The third-order valence-electron chi connectivity index (χ3n) is 5.84. The van der Waals surface area contributed by atoms with Gasteiger partial charge in [-0.25, -0.2) is 0 Å². The summed E-state index contributed by atoms with van der Waals surface area (Å²) in [6.07, 6.45) is 11.2.